The van der Waals surface area contributed by atoms with Crippen molar-refractivity contribution in [2.45, 2.75) is 0 Å². The molecule has 0 unspecified atom stereocenters. The molecule has 0 aromatic carbocycles. The molecule has 7 heteroatoms. The highest BCUT2D eigenvalue weighted by atomic mass is 16.5. The molecule has 0 atom stereocenters. The van der Waals surface area contributed by atoms with Crippen LogP contribution in [0.15, 0.2) is 0 Å². The first-order valence-corrected chi connectivity index (χ1v) is 5.87. The molecule has 0 bridgehead atoms. The Hall–Kier alpha value is -0.280. The van der Waals surface area contributed by atoms with Gasteiger partial charge in [-0.15, -0.1) is 0 Å². The van der Waals surface area contributed by atoms with Gasteiger partial charge in [-0.25, -0.2) is 0 Å². The zero-order chi connectivity index (χ0) is 13.2. The van der Waals surface area contributed by atoms with Crippen molar-refractivity contribution in [1.29, 1.82) is 0 Å². The molecule has 8 N–H and O–H groups in total. The van der Waals surface area contributed by atoms with Gasteiger partial charge in [0, 0.05) is 26.2 Å². The van der Waals surface area contributed by atoms with Gasteiger partial charge in [0.2, 0.25) is 0 Å². The highest BCUT2D eigenvalue weighted by Gasteiger charge is 1.86. The van der Waals surface area contributed by atoms with Gasteiger partial charge in [-0.1, -0.05) is 0 Å². The van der Waals surface area contributed by atoms with Crippen molar-refractivity contribution in [3.63, 3.8) is 0 Å². The Kier molecular flexibility index (Phi) is 23.6. The van der Waals surface area contributed by atoms with E-state index in [1.54, 1.807) is 0 Å². The second-order valence-electron chi connectivity index (χ2n) is 2.99. The lowest BCUT2D eigenvalue weighted by Gasteiger charge is -2.02. The third kappa shape index (κ3) is 25.7. The summed E-state index contributed by atoms with van der Waals surface area (Å²) in [5.41, 5.74) is 20.6. The Bertz CT molecular complexity index is 108. The maximum atomic E-state index is 5.18. The molecule has 0 fully saturated rings. The van der Waals surface area contributed by atoms with Gasteiger partial charge in [0.05, 0.1) is 39.6 Å². The van der Waals surface area contributed by atoms with Crippen LogP contribution >= 0.6 is 0 Å². The molecule has 0 heterocycles. The van der Waals surface area contributed by atoms with Crippen molar-refractivity contribution < 1.29 is 14.2 Å². The predicted molar refractivity (Wildman–Crippen MR) is 68.7 cm³/mol. The minimum absolute atomic E-state index is 0.566. The van der Waals surface area contributed by atoms with E-state index in [1.807, 2.05) is 0 Å². The summed E-state index contributed by atoms with van der Waals surface area (Å²) in [4.78, 5) is 0. The lowest BCUT2D eigenvalue weighted by Crippen LogP contribution is -2.14. The van der Waals surface area contributed by atoms with Crippen LogP contribution in [0.5, 0.6) is 0 Å². The molecule has 0 amide bonds. The summed E-state index contributed by atoms with van der Waals surface area (Å²) < 4.78 is 15.0. The van der Waals surface area contributed by atoms with Gasteiger partial charge in [-0.05, 0) is 0 Å². The summed E-state index contributed by atoms with van der Waals surface area (Å²) in [5, 5.41) is 0. The summed E-state index contributed by atoms with van der Waals surface area (Å²) >= 11 is 0. The molecule has 0 spiro atoms. The van der Waals surface area contributed by atoms with Gasteiger partial charge in [-0.2, -0.15) is 0 Å². The summed E-state index contributed by atoms with van der Waals surface area (Å²) in [7, 11) is 0. The first-order chi connectivity index (χ1) is 8.33. The Labute approximate surface area is 104 Å². The van der Waals surface area contributed by atoms with E-state index in [4.69, 9.17) is 37.1 Å². The third-order valence-corrected chi connectivity index (χ3v) is 1.42. The van der Waals surface area contributed by atoms with Crippen molar-refractivity contribution in [2.24, 2.45) is 22.9 Å². The molecule has 0 rings (SSSR count). The second-order valence-corrected chi connectivity index (χ2v) is 2.99. The Balaban J connectivity index is 0. The zero-order valence-corrected chi connectivity index (χ0v) is 10.6. The van der Waals surface area contributed by atoms with Crippen molar-refractivity contribution in [2.75, 3.05) is 65.8 Å². The van der Waals surface area contributed by atoms with Crippen LogP contribution in [0, 0.1) is 0 Å². The van der Waals surface area contributed by atoms with Gasteiger partial charge >= 0.3 is 0 Å². The standard InChI is InChI=1S/C6H16N2O2.C4H12N2O/c7-1-3-9-5-6-10-4-2-8;5-1-3-7-4-2-6/h1-8H2;1-6H2. The monoisotopic (exact) mass is 252 g/mol. The molecule has 0 aliphatic heterocycles. The molecule has 0 aliphatic rings. The lowest BCUT2D eigenvalue weighted by molar-refractivity contribution is 0.0538. The molecule has 0 saturated heterocycles. The highest BCUT2D eigenvalue weighted by Crippen LogP contribution is 1.75. The molecule has 0 saturated carbocycles. The van der Waals surface area contributed by atoms with Crippen molar-refractivity contribution in [3.8, 4) is 0 Å². The van der Waals surface area contributed by atoms with E-state index in [-0.39, 0.29) is 0 Å². The first kappa shape index (κ1) is 19.1. The first-order valence-electron chi connectivity index (χ1n) is 5.87. The highest BCUT2D eigenvalue weighted by molar-refractivity contribution is 4.34. The fourth-order valence-corrected chi connectivity index (χ4v) is 0.757. The maximum absolute atomic E-state index is 5.18. The van der Waals surface area contributed by atoms with E-state index < -0.39 is 0 Å². The van der Waals surface area contributed by atoms with Crippen molar-refractivity contribution in [3.05, 3.63) is 0 Å². The molecule has 0 aliphatic carbocycles. The van der Waals surface area contributed by atoms with E-state index in [2.05, 4.69) is 0 Å². The number of hydrogen-bond donors (Lipinski definition) is 4. The van der Waals surface area contributed by atoms with Crippen LogP contribution in [0.2, 0.25) is 0 Å². The van der Waals surface area contributed by atoms with E-state index in [1.165, 1.54) is 0 Å². The molecular weight excluding hydrogens is 224 g/mol. The molecule has 106 valence electrons. The van der Waals surface area contributed by atoms with Gasteiger partial charge in [0.15, 0.2) is 0 Å². The number of rotatable bonds is 11. The second kappa shape index (κ2) is 21.1. The maximum Gasteiger partial charge on any atom is 0.0701 e. The summed E-state index contributed by atoms with van der Waals surface area (Å²) in [5.74, 6) is 0. The predicted octanol–water partition coefficient (Wildman–Crippen LogP) is -2.14. The molecule has 0 radical (unpaired) electrons. The summed E-state index contributed by atoms with van der Waals surface area (Å²) in [6.07, 6.45) is 0. The minimum atomic E-state index is 0.566. The number of ether oxygens (including phenoxy) is 3. The number of nitrogens with two attached hydrogens (primary N) is 4. The van der Waals surface area contributed by atoms with E-state index in [0.29, 0.717) is 65.8 Å². The quantitative estimate of drug-likeness (QED) is 0.308. The average Bonchev–Trinajstić information content (AvgIpc) is 2.35. The fraction of sp³-hybridized carbons (Fsp3) is 1.00. The lowest BCUT2D eigenvalue weighted by atomic mass is 10.7. The SMILES string of the molecule is NCCOCCN.NCCOCCOCCN. The van der Waals surface area contributed by atoms with E-state index in [0.717, 1.165) is 0 Å². The topological polar surface area (TPSA) is 132 Å². The normalized spacial score (nSPS) is 9.88. The van der Waals surface area contributed by atoms with Gasteiger partial charge in [0.25, 0.3) is 0 Å². The average molecular weight is 252 g/mol. The molecule has 17 heavy (non-hydrogen) atoms. The summed E-state index contributed by atoms with van der Waals surface area (Å²) in [6.45, 7) is 5.97. The Morgan fingerprint density at radius 3 is 0.882 bits per heavy atom. The van der Waals surface area contributed by atoms with Crippen molar-refractivity contribution >= 4 is 0 Å². The Morgan fingerprint density at radius 2 is 0.647 bits per heavy atom. The van der Waals surface area contributed by atoms with Crippen LogP contribution < -0.4 is 22.9 Å². The van der Waals surface area contributed by atoms with Gasteiger partial charge < -0.3 is 37.1 Å². The molecule has 0 aromatic heterocycles. The molecule has 0 aromatic rings. The van der Waals surface area contributed by atoms with Crippen LogP contribution in [0.4, 0.5) is 0 Å². The van der Waals surface area contributed by atoms with Crippen molar-refractivity contribution in [1.82, 2.24) is 0 Å². The molecule has 7 nitrogen and oxygen atoms in total. The Morgan fingerprint density at radius 1 is 0.412 bits per heavy atom. The van der Waals surface area contributed by atoms with E-state index in [9.17, 15) is 0 Å². The smallest absolute Gasteiger partial charge is 0.0701 e. The largest absolute Gasteiger partial charge is 0.379 e. The van der Waals surface area contributed by atoms with Crippen LogP contribution in [0.1, 0.15) is 0 Å². The van der Waals surface area contributed by atoms with Gasteiger partial charge in [0.1, 0.15) is 0 Å². The minimum Gasteiger partial charge on any atom is -0.379 e. The fourth-order valence-electron chi connectivity index (χ4n) is 0.757. The van der Waals surface area contributed by atoms with Crippen LogP contribution in [-0.2, 0) is 14.2 Å². The van der Waals surface area contributed by atoms with Gasteiger partial charge in [-0.3, -0.25) is 0 Å². The third-order valence-electron chi connectivity index (χ3n) is 1.42. The van der Waals surface area contributed by atoms with Crippen LogP contribution in [0.25, 0.3) is 0 Å². The zero-order valence-electron chi connectivity index (χ0n) is 10.6. The van der Waals surface area contributed by atoms with E-state index >= 15 is 0 Å². The summed E-state index contributed by atoms with van der Waals surface area (Å²) in [6, 6.07) is 0. The van der Waals surface area contributed by atoms with Crippen LogP contribution in [0.3, 0.4) is 0 Å². The number of hydrogen-bond acceptors (Lipinski definition) is 7. The van der Waals surface area contributed by atoms with Crippen LogP contribution in [-0.4, -0.2) is 65.8 Å². The molecular formula is C10H28N4O3.